The van der Waals surface area contributed by atoms with Gasteiger partial charge in [-0.05, 0) is 0 Å². The summed E-state index contributed by atoms with van der Waals surface area (Å²) in [6, 6.07) is 0. The molecule has 0 aromatic heterocycles. The van der Waals surface area contributed by atoms with E-state index in [4.69, 9.17) is 55.9 Å². The van der Waals surface area contributed by atoms with E-state index in [1.54, 1.807) is 0 Å². The van der Waals surface area contributed by atoms with Crippen molar-refractivity contribution in [3.63, 3.8) is 0 Å². The zero-order valence-electron chi connectivity index (χ0n) is 6.91. The molecule has 108 valence electrons. The van der Waals surface area contributed by atoms with Crippen LogP contribution in [0.5, 0.6) is 0 Å². The molecule has 0 bridgehead atoms. The van der Waals surface area contributed by atoms with Crippen LogP contribution in [0.1, 0.15) is 0 Å². The Balaban J connectivity index is -0.0000000369. The van der Waals surface area contributed by atoms with Crippen molar-refractivity contribution >= 4 is 27.3 Å². The predicted octanol–water partition coefficient (Wildman–Crippen LogP) is -14.6. The summed E-state index contributed by atoms with van der Waals surface area (Å²) in [7, 11) is -11.4. The monoisotopic (exact) mass is 540 g/mol. The summed E-state index contributed by atoms with van der Waals surface area (Å²) < 4.78 is 101. The smallest absolute Gasteiger partial charge is 0.0695 e. The molecule has 17 heavy (non-hydrogen) atoms. The third-order valence-corrected chi connectivity index (χ3v) is 0. The van der Waals surface area contributed by atoms with Gasteiger partial charge in [0.25, 0.3) is 0 Å². The second-order valence-corrected chi connectivity index (χ2v) is 2.27. The Kier molecular flexibility index (Phi) is 48.1. The van der Waals surface area contributed by atoms with Crippen molar-refractivity contribution in [2.75, 3.05) is 0 Å². The van der Waals surface area contributed by atoms with Crippen LogP contribution in [-0.2, 0) is 0 Å². The molecule has 0 fully saturated rings. The normalized spacial score (nSPS) is 8.47. The minimum Gasteiger partial charge on any atom is -0.357 e. The van der Waals surface area contributed by atoms with Crippen LogP contribution in [0, 0.1) is 43.1 Å². The van der Waals surface area contributed by atoms with E-state index in [2.05, 4.69) is 0 Å². The average molecular weight is 541 g/mol. The molecule has 0 spiro atoms. The van der Waals surface area contributed by atoms with Crippen molar-refractivity contribution in [2.45, 2.75) is 0 Å². The molecule has 0 unspecified atom stereocenters. The van der Waals surface area contributed by atoms with Crippen LogP contribution in [0.4, 0.5) is 0 Å². The van der Waals surface area contributed by atoms with Gasteiger partial charge in [-0.1, -0.05) is 0 Å². The molecular weight excluding hydrogens is 541 g/mol. The zero-order chi connectivity index (χ0) is 14.3. The summed E-state index contributed by atoms with van der Waals surface area (Å²) in [6.45, 7) is 0. The van der Waals surface area contributed by atoms with E-state index in [-0.39, 0.29) is 27.3 Å². The van der Waals surface area contributed by atoms with E-state index >= 15 is 0 Å². The minimum atomic E-state index is -2.85. The van der Waals surface area contributed by atoms with Crippen LogP contribution in [0.15, 0.2) is 0 Å². The molecule has 4 radical (unpaired) electrons. The van der Waals surface area contributed by atoms with Gasteiger partial charge in [0.15, 0.2) is 0 Å². The first-order chi connectivity index (χ1) is 6.93. The first kappa shape index (κ1) is 31.2. The summed E-state index contributed by atoms with van der Waals surface area (Å²) in [5.41, 5.74) is 0. The predicted molar refractivity (Wildman–Crippen MR) is 5.75 cm³/mol. The van der Waals surface area contributed by atoms with E-state index in [0.29, 0.717) is 0 Å². The third-order valence-electron chi connectivity index (χ3n) is 0. The number of rotatable bonds is 0. The summed E-state index contributed by atoms with van der Waals surface area (Å²) in [5.74, 6) is 0. The number of hydrogen-bond donors (Lipinski definition) is 0. The Morgan fingerprint density at radius 1 is 0.294 bits per heavy atom. The van der Waals surface area contributed by atoms with E-state index < -0.39 is 43.1 Å². The fourth-order valence-electron chi connectivity index (χ4n) is 0. The van der Waals surface area contributed by atoms with Crippen LogP contribution in [0.25, 0.3) is 0 Å². The van der Waals surface area contributed by atoms with Crippen molar-refractivity contribution in [2.24, 2.45) is 0 Å². The largest absolute Gasteiger partial charge is 0.357 e. The standard InChI is InChI=1S/4ClO3.Pb/c4*2-1(3)4;/q4*-1;. The molecule has 0 aromatic rings. The van der Waals surface area contributed by atoms with Crippen molar-refractivity contribution in [1.82, 2.24) is 0 Å². The topological polar surface area (TPSA) is 277 Å². The Morgan fingerprint density at radius 2 is 0.294 bits per heavy atom. The number of halogens is 4. The molecule has 17 heteroatoms. The molecule has 0 saturated carbocycles. The van der Waals surface area contributed by atoms with Gasteiger partial charge < -0.3 is 55.9 Å². The van der Waals surface area contributed by atoms with Crippen molar-refractivity contribution < 1.29 is 99.0 Å². The fourth-order valence-corrected chi connectivity index (χ4v) is 0. The molecule has 0 rings (SSSR count). The van der Waals surface area contributed by atoms with Gasteiger partial charge in [-0.15, -0.1) is 0 Å². The van der Waals surface area contributed by atoms with Gasteiger partial charge in [-0.3, -0.25) is 0 Å². The molecule has 0 saturated heterocycles. The van der Waals surface area contributed by atoms with Crippen LogP contribution in [-0.4, -0.2) is 27.3 Å². The third kappa shape index (κ3) is 1670. The molecule has 0 atom stereocenters. The first-order valence-corrected chi connectivity index (χ1v) is 5.55. The molecule has 0 N–H and O–H groups in total. The second-order valence-electron chi connectivity index (χ2n) is 0.756. The van der Waals surface area contributed by atoms with Gasteiger partial charge >= 0.3 is 0 Å². The van der Waals surface area contributed by atoms with E-state index in [1.165, 1.54) is 0 Å². The molecule has 0 amide bonds. The van der Waals surface area contributed by atoms with Crippen LogP contribution in [0.3, 0.4) is 0 Å². The molecular formula is Cl4O12Pb-4. The molecule has 0 aromatic carbocycles. The average Bonchev–Trinajstić information content (AvgIpc) is 1.76. The van der Waals surface area contributed by atoms with E-state index in [9.17, 15) is 0 Å². The molecule has 0 aliphatic heterocycles. The van der Waals surface area contributed by atoms with Crippen LogP contribution >= 0.6 is 0 Å². The van der Waals surface area contributed by atoms with Crippen molar-refractivity contribution in [3.05, 3.63) is 0 Å². The Labute approximate surface area is 126 Å². The molecule has 0 aliphatic rings. The maximum Gasteiger partial charge on any atom is 0.0695 e. The van der Waals surface area contributed by atoms with Crippen LogP contribution < -0.4 is 55.9 Å². The SMILES string of the molecule is [O-][Cl+2]([O-])[O-].[O-][Cl+2]([O-])[O-].[O-][Cl+2]([O-])[O-].[O-][Cl+2]([O-])[O-].[Pb]. The van der Waals surface area contributed by atoms with Gasteiger partial charge in [0, 0.05) is 27.3 Å². The van der Waals surface area contributed by atoms with Crippen molar-refractivity contribution in [3.8, 4) is 0 Å². The van der Waals surface area contributed by atoms with Gasteiger partial charge in [-0.25, -0.2) is 0 Å². The van der Waals surface area contributed by atoms with Gasteiger partial charge in [0.1, 0.15) is 0 Å². The maximum absolute atomic E-state index is 8.41. The summed E-state index contributed by atoms with van der Waals surface area (Å²) in [4.78, 5) is 0. The first-order valence-electron chi connectivity index (χ1n) is 1.85. The summed E-state index contributed by atoms with van der Waals surface area (Å²) in [5, 5.41) is 0. The Morgan fingerprint density at radius 3 is 0.294 bits per heavy atom. The summed E-state index contributed by atoms with van der Waals surface area (Å²) in [6.07, 6.45) is 0. The Hall–Kier alpha value is 1.60. The molecule has 12 nitrogen and oxygen atoms in total. The quantitative estimate of drug-likeness (QED) is 0.259. The number of hydrogen-bond acceptors (Lipinski definition) is 12. The van der Waals surface area contributed by atoms with E-state index in [1.807, 2.05) is 0 Å². The van der Waals surface area contributed by atoms with Gasteiger partial charge in [0.05, 0.1) is 43.1 Å². The summed E-state index contributed by atoms with van der Waals surface area (Å²) >= 11 is 0. The molecule has 0 aliphatic carbocycles. The zero-order valence-corrected chi connectivity index (χ0v) is 13.8. The minimum absolute atomic E-state index is 0. The fraction of sp³-hybridized carbons (Fsp3) is 0. The molecule has 0 heterocycles. The van der Waals surface area contributed by atoms with Gasteiger partial charge in [0.2, 0.25) is 0 Å². The second kappa shape index (κ2) is 26.2. The van der Waals surface area contributed by atoms with E-state index in [0.717, 1.165) is 0 Å². The van der Waals surface area contributed by atoms with Crippen LogP contribution in [0.2, 0.25) is 0 Å². The van der Waals surface area contributed by atoms with Gasteiger partial charge in [-0.2, -0.15) is 0 Å². The van der Waals surface area contributed by atoms with Crippen molar-refractivity contribution in [1.29, 1.82) is 0 Å². The maximum atomic E-state index is 8.41. The Bertz CT molecular complexity index is 61.5.